The Labute approximate surface area is 126 Å². The van der Waals surface area contributed by atoms with E-state index in [9.17, 15) is 14.4 Å². The number of rotatable bonds is 10. The van der Waals surface area contributed by atoms with E-state index in [0.717, 1.165) is 25.7 Å². The van der Waals surface area contributed by atoms with Crippen molar-refractivity contribution in [1.29, 1.82) is 0 Å². The first-order chi connectivity index (χ1) is 9.97. The Morgan fingerprint density at radius 2 is 1.52 bits per heavy atom. The molecule has 0 aromatic heterocycles. The van der Waals surface area contributed by atoms with Crippen molar-refractivity contribution < 1.29 is 23.9 Å². The van der Waals surface area contributed by atoms with Crippen molar-refractivity contribution in [2.24, 2.45) is 0 Å². The summed E-state index contributed by atoms with van der Waals surface area (Å²) in [6.07, 6.45) is 1.49. The van der Waals surface area contributed by atoms with Crippen molar-refractivity contribution >= 4 is 17.8 Å². The average molecular weight is 301 g/mol. The number of ketones is 1. The van der Waals surface area contributed by atoms with E-state index in [-0.39, 0.29) is 6.61 Å². The summed E-state index contributed by atoms with van der Waals surface area (Å²) in [5.74, 6) is -1.35. The third-order valence-electron chi connectivity index (χ3n) is 2.91. The van der Waals surface area contributed by atoms with Crippen LogP contribution in [0.25, 0.3) is 0 Å². The predicted molar refractivity (Wildman–Crippen MR) is 79.0 cm³/mol. The van der Waals surface area contributed by atoms with Crippen LogP contribution in [0.15, 0.2) is 0 Å². The minimum absolute atomic E-state index is 0.134. The highest BCUT2D eigenvalue weighted by Gasteiger charge is 2.30. The Morgan fingerprint density at radius 3 is 1.90 bits per heavy atom. The van der Waals surface area contributed by atoms with Gasteiger partial charge in [0.1, 0.15) is 0 Å². The largest absolute Gasteiger partial charge is 0.463 e. The fourth-order valence-electron chi connectivity index (χ4n) is 1.68. The van der Waals surface area contributed by atoms with Crippen LogP contribution in [0.2, 0.25) is 0 Å². The van der Waals surface area contributed by atoms with Gasteiger partial charge in [0.25, 0.3) is 6.10 Å². The van der Waals surface area contributed by atoms with Crippen molar-refractivity contribution in [2.75, 3.05) is 19.7 Å². The van der Waals surface area contributed by atoms with E-state index in [1.54, 1.807) is 11.8 Å². The highest BCUT2D eigenvalue weighted by molar-refractivity contribution is 6.02. The quantitative estimate of drug-likeness (QED) is 0.458. The number of amides is 1. The zero-order chi connectivity index (χ0) is 16.3. The Kier molecular flexibility index (Phi) is 10.3. The monoisotopic (exact) mass is 301 g/mol. The third kappa shape index (κ3) is 7.68. The molecule has 0 radical (unpaired) electrons. The maximum Gasteiger partial charge on any atom is 0.411 e. The zero-order valence-corrected chi connectivity index (χ0v) is 13.5. The number of unbranched alkanes of at least 4 members (excludes halogenated alkanes) is 2. The molecule has 0 aromatic carbocycles. The van der Waals surface area contributed by atoms with Crippen molar-refractivity contribution in [2.45, 2.75) is 59.5 Å². The molecule has 0 spiro atoms. The minimum atomic E-state index is -1.47. The second-order valence-electron chi connectivity index (χ2n) is 4.82. The van der Waals surface area contributed by atoms with Crippen LogP contribution in [0, 0.1) is 0 Å². The van der Waals surface area contributed by atoms with E-state index < -0.39 is 23.9 Å². The van der Waals surface area contributed by atoms with E-state index in [1.165, 1.54) is 6.92 Å². The van der Waals surface area contributed by atoms with Gasteiger partial charge in [0, 0.05) is 13.1 Å². The molecule has 0 aliphatic carbocycles. The van der Waals surface area contributed by atoms with Gasteiger partial charge in [0.2, 0.25) is 0 Å². The lowest BCUT2D eigenvalue weighted by Crippen LogP contribution is -2.41. The SMILES string of the molecule is CCCCN(CCCC)C(=O)OC(C(C)=O)C(=O)OCC. The first-order valence-corrected chi connectivity index (χ1v) is 7.60. The molecule has 0 fully saturated rings. The molecule has 21 heavy (non-hydrogen) atoms. The van der Waals surface area contributed by atoms with Gasteiger partial charge < -0.3 is 14.4 Å². The van der Waals surface area contributed by atoms with Gasteiger partial charge in [-0.15, -0.1) is 0 Å². The highest BCUT2D eigenvalue weighted by Crippen LogP contribution is 2.06. The molecule has 1 amide bonds. The molecule has 0 aliphatic rings. The van der Waals surface area contributed by atoms with E-state index in [4.69, 9.17) is 9.47 Å². The maximum atomic E-state index is 12.1. The van der Waals surface area contributed by atoms with E-state index in [1.807, 2.05) is 13.8 Å². The van der Waals surface area contributed by atoms with Gasteiger partial charge in [-0.25, -0.2) is 9.59 Å². The molecular formula is C15H27NO5. The van der Waals surface area contributed by atoms with Crippen molar-refractivity contribution in [3.63, 3.8) is 0 Å². The van der Waals surface area contributed by atoms with Crippen LogP contribution in [-0.4, -0.2) is 48.5 Å². The molecule has 1 unspecified atom stereocenters. The molecular weight excluding hydrogens is 274 g/mol. The van der Waals surface area contributed by atoms with Crippen LogP contribution in [0.1, 0.15) is 53.4 Å². The summed E-state index contributed by atoms with van der Waals surface area (Å²) in [6.45, 7) is 8.14. The number of nitrogens with zero attached hydrogens (tertiary/aromatic N) is 1. The third-order valence-corrected chi connectivity index (χ3v) is 2.91. The van der Waals surface area contributed by atoms with E-state index in [0.29, 0.717) is 13.1 Å². The van der Waals surface area contributed by atoms with Gasteiger partial charge in [0.05, 0.1) is 6.61 Å². The van der Waals surface area contributed by atoms with Gasteiger partial charge in [-0.1, -0.05) is 26.7 Å². The maximum absolute atomic E-state index is 12.1. The van der Waals surface area contributed by atoms with Crippen molar-refractivity contribution in [3.05, 3.63) is 0 Å². The second-order valence-corrected chi connectivity index (χ2v) is 4.82. The van der Waals surface area contributed by atoms with Crippen LogP contribution in [0.5, 0.6) is 0 Å². The van der Waals surface area contributed by atoms with Crippen LogP contribution in [0.4, 0.5) is 4.79 Å². The second kappa shape index (κ2) is 11.1. The van der Waals surface area contributed by atoms with E-state index in [2.05, 4.69) is 0 Å². The molecule has 6 heteroatoms. The Morgan fingerprint density at radius 1 is 1.00 bits per heavy atom. The standard InChI is InChI=1S/C15H27NO5/c1-5-8-10-16(11-9-6-2)15(19)21-13(12(4)17)14(18)20-7-3/h13H,5-11H2,1-4H3. The molecule has 0 heterocycles. The van der Waals surface area contributed by atoms with Crippen LogP contribution < -0.4 is 0 Å². The lowest BCUT2D eigenvalue weighted by molar-refractivity contribution is -0.157. The first-order valence-electron chi connectivity index (χ1n) is 7.60. The highest BCUT2D eigenvalue weighted by atomic mass is 16.6. The fourth-order valence-corrected chi connectivity index (χ4v) is 1.68. The molecule has 0 saturated heterocycles. The molecule has 0 aliphatic heterocycles. The molecule has 0 N–H and O–H groups in total. The number of Topliss-reactive ketones (excluding diaryl/α,β-unsaturated/α-hetero) is 1. The Balaban J connectivity index is 4.72. The van der Waals surface area contributed by atoms with Crippen LogP contribution in [-0.2, 0) is 19.1 Å². The van der Waals surface area contributed by atoms with Crippen LogP contribution >= 0.6 is 0 Å². The van der Waals surface area contributed by atoms with Gasteiger partial charge in [-0.3, -0.25) is 4.79 Å². The summed E-state index contributed by atoms with van der Waals surface area (Å²) in [4.78, 5) is 36.7. The molecule has 122 valence electrons. The Bertz CT molecular complexity index is 335. The minimum Gasteiger partial charge on any atom is -0.463 e. The summed E-state index contributed by atoms with van der Waals surface area (Å²) in [6, 6.07) is 0. The summed E-state index contributed by atoms with van der Waals surface area (Å²) < 4.78 is 9.80. The molecule has 0 saturated carbocycles. The van der Waals surface area contributed by atoms with Crippen LogP contribution in [0.3, 0.4) is 0 Å². The molecule has 6 nitrogen and oxygen atoms in total. The molecule has 0 rings (SSSR count). The van der Waals surface area contributed by atoms with Gasteiger partial charge in [0.15, 0.2) is 5.78 Å². The zero-order valence-electron chi connectivity index (χ0n) is 13.5. The number of hydrogen-bond acceptors (Lipinski definition) is 5. The molecule has 1 atom stereocenters. The number of carbonyl (C=O) groups is 3. The smallest absolute Gasteiger partial charge is 0.411 e. The van der Waals surface area contributed by atoms with Gasteiger partial charge >= 0.3 is 12.1 Å². The summed E-state index contributed by atoms with van der Waals surface area (Å²) >= 11 is 0. The van der Waals surface area contributed by atoms with Gasteiger partial charge in [-0.2, -0.15) is 0 Å². The van der Waals surface area contributed by atoms with E-state index >= 15 is 0 Å². The normalized spacial score (nSPS) is 11.6. The lowest BCUT2D eigenvalue weighted by Gasteiger charge is -2.23. The summed E-state index contributed by atoms with van der Waals surface area (Å²) in [5, 5.41) is 0. The van der Waals surface area contributed by atoms with Crippen molar-refractivity contribution in [1.82, 2.24) is 4.90 Å². The predicted octanol–water partition coefficient (Wildman–Crippen LogP) is 2.55. The average Bonchev–Trinajstić information content (AvgIpc) is 2.44. The van der Waals surface area contributed by atoms with Crippen molar-refractivity contribution in [3.8, 4) is 0 Å². The summed E-state index contributed by atoms with van der Waals surface area (Å²) in [5.41, 5.74) is 0. The fraction of sp³-hybridized carbons (Fsp3) is 0.800. The number of carbonyl (C=O) groups excluding carboxylic acids is 3. The number of ether oxygens (including phenoxy) is 2. The number of hydrogen-bond donors (Lipinski definition) is 0. The lowest BCUT2D eigenvalue weighted by atomic mass is 10.2. The summed E-state index contributed by atoms with van der Waals surface area (Å²) in [7, 11) is 0. The van der Waals surface area contributed by atoms with Gasteiger partial charge in [-0.05, 0) is 26.7 Å². The number of esters is 1. The first kappa shape index (κ1) is 19.4. The Hall–Kier alpha value is -1.59. The molecule has 0 aromatic rings. The molecule has 0 bridgehead atoms. The topological polar surface area (TPSA) is 72.9 Å².